The maximum atomic E-state index is 13.3. The van der Waals surface area contributed by atoms with Crippen LogP contribution in [0.1, 0.15) is 26.3 Å². The first-order valence-corrected chi connectivity index (χ1v) is 8.18. The van der Waals surface area contributed by atoms with Crippen molar-refractivity contribution >= 4 is 28.4 Å². The molecular weight excluding hydrogens is 345 g/mol. The highest BCUT2D eigenvalue weighted by Crippen LogP contribution is 2.19. The van der Waals surface area contributed by atoms with Crippen LogP contribution in [0, 0.1) is 12.1 Å². The Balaban J connectivity index is 1.67. The summed E-state index contributed by atoms with van der Waals surface area (Å²) in [7, 11) is 0. The summed E-state index contributed by atoms with van der Waals surface area (Å²) in [5, 5.41) is 2.62. The lowest BCUT2D eigenvalue weighted by atomic mass is 9.97. The number of nitrogens with one attached hydrogen (secondary N) is 2. The number of hydrogen-bond acceptors (Lipinski definition) is 3. The molecule has 0 saturated carbocycles. The van der Waals surface area contributed by atoms with E-state index < -0.39 is 11.7 Å². The molecule has 27 heavy (non-hydrogen) atoms. The fraction of sp³-hybridized carbons (Fsp3) is 0. The van der Waals surface area contributed by atoms with E-state index in [9.17, 15) is 14.0 Å². The molecule has 1 heterocycles. The molecule has 4 aromatic rings. The van der Waals surface area contributed by atoms with E-state index in [4.69, 9.17) is 0 Å². The van der Waals surface area contributed by atoms with Gasteiger partial charge in [0.15, 0.2) is 12.1 Å². The Bertz CT molecular complexity index is 1170. The zero-order valence-electron chi connectivity index (χ0n) is 14.0. The highest BCUT2D eigenvalue weighted by Gasteiger charge is 2.19. The largest absolute Gasteiger partial charge is 0.335 e. The zero-order chi connectivity index (χ0) is 18.8. The number of aromatic amines is 1. The minimum atomic E-state index is -0.486. The molecule has 2 N–H and O–H groups in total. The number of carbonyl (C=O) groups is 2. The lowest BCUT2D eigenvalue weighted by molar-refractivity contribution is 0.0996. The third kappa shape index (κ3) is 3.32. The molecule has 0 unspecified atom stereocenters. The lowest BCUT2D eigenvalue weighted by Gasteiger charge is -2.10. The molecule has 0 spiro atoms. The highest BCUT2D eigenvalue weighted by molar-refractivity contribution is 6.18. The SMILES string of the molecule is O=C(Nc1cccc(F)c1)c1ccccc1C(=O)c1ccc2n[c][nH]c2c1. The van der Waals surface area contributed by atoms with Crippen LogP contribution in [-0.4, -0.2) is 21.7 Å². The van der Waals surface area contributed by atoms with Gasteiger partial charge in [-0.15, -0.1) is 0 Å². The number of halogens is 1. The molecule has 131 valence electrons. The third-order valence-electron chi connectivity index (χ3n) is 4.12. The van der Waals surface area contributed by atoms with Crippen molar-refractivity contribution in [3.63, 3.8) is 0 Å². The number of anilines is 1. The summed E-state index contributed by atoms with van der Waals surface area (Å²) < 4.78 is 13.3. The van der Waals surface area contributed by atoms with E-state index in [-0.39, 0.29) is 16.9 Å². The van der Waals surface area contributed by atoms with E-state index in [2.05, 4.69) is 21.6 Å². The number of hydrogen-bond donors (Lipinski definition) is 2. The number of fused-ring (bicyclic) bond motifs is 1. The van der Waals surface area contributed by atoms with Gasteiger partial charge in [0.25, 0.3) is 5.91 Å². The lowest BCUT2D eigenvalue weighted by Crippen LogP contribution is -2.17. The predicted octanol–water partition coefficient (Wildman–Crippen LogP) is 3.99. The monoisotopic (exact) mass is 358 g/mol. The Kier molecular flexibility index (Phi) is 4.22. The fourth-order valence-corrected chi connectivity index (χ4v) is 2.82. The Morgan fingerprint density at radius 2 is 1.78 bits per heavy atom. The second-order valence-corrected chi connectivity index (χ2v) is 5.92. The second kappa shape index (κ2) is 6.84. The van der Waals surface area contributed by atoms with E-state index in [0.717, 1.165) is 0 Å². The van der Waals surface area contributed by atoms with E-state index in [1.54, 1.807) is 48.5 Å². The Hall–Kier alpha value is -3.80. The molecule has 5 nitrogen and oxygen atoms in total. The van der Waals surface area contributed by atoms with Crippen molar-refractivity contribution in [2.75, 3.05) is 5.32 Å². The van der Waals surface area contributed by atoms with Crippen LogP contribution in [0.5, 0.6) is 0 Å². The third-order valence-corrected chi connectivity index (χ3v) is 4.12. The number of nitrogens with zero attached hydrogens (tertiary/aromatic N) is 1. The Morgan fingerprint density at radius 1 is 0.963 bits per heavy atom. The summed E-state index contributed by atoms with van der Waals surface area (Å²) in [4.78, 5) is 32.4. The minimum absolute atomic E-state index is 0.211. The van der Waals surface area contributed by atoms with Crippen molar-refractivity contribution in [1.82, 2.24) is 9.97 Å². The van der Waals surface area contributed by atoms with Gasteiger partial charge in [-0.05, 0) is 42.5 Å². The smallest absolute Gasteiger partial charge is 0.256 e. The molecule has 0 atom stereocenters. The van der Waals surface area contributed by atoms with Crippen molar-refractivity contribution in [2.45, 2.75) is 0 Å². The number of amides is 1. The maximum absolute atomic E-state index is 13.3. The van der Waals surface area contributed by atoms with Gasteiger partial charge in [0.05, 0.1) is 16.6 Å². The first-order valence-electron chi connectivity index (χ1n) is 8.18. The van der Waals surface area contributed by atoms with Crippen molar-refractivity contribution in [1.29, 1.82) is 0 Å². The molecule has 0 aliphatic carbocycles. The van der Waals surface area contributed by atoms with E-state index in [1.165, 1.54) is 18.2 Å². The molecular formula is C21H13FN3O2. The van der Waals surface area contributed by atoms with Gasteiger partial charge >= 0.3 is 0 Å². The molecule has 0 saturated heterocycles. The van der Waals surface area contributed by atoms with Crippen LogP contribution in [-0.2, 0) is 0 Å². The summed E-state index contributed by atoms with van der Waals surface area (Å²) in [5.74, 6) is -1.24. The fourth-order valence-electron chi connectivity index (χ4n) is 2.82. The number of rotatable bonds is 4. The zero-order valence-corrected chi connectivity index (χ0v) is 14.0. The van der Waals surface area contributed by atoms with Crippen LogP contribution >= 0.6 is 0 Å². The average Bonchev–Trinajstić information content (AvgIpc) is 3.15. The van der Waals surface area contributed by atoms with E-state index >= 15 is 0 Å². The molecule has 0 fully saturated rings. The van der Waals surface area contributed by atoms with E-state index in [0.29, 0.717) is 22.3 Å². The molecule has 0 aliphatic rings. The van der Waals surface area contributed by atoms with E-state index in [1.807, 2.05) is 0 Å². The number of carbonyl (C=O) groups excluding carboxylic acids is 2. The van der Waals surface area contributed by atoms with Crippen LogP contribution < -0.4 is 5.32 Å². The van der Waals surface area contributed by atoms with Gasteiger partial charge in [-0.25, -0.2) is 9.37 Å². The van der Waals surface area contributed by atoms with Gasteiger partial charge in [0.1, 0.15) is 5.82 Å². The molecule has 1 amide bonds. The number of H-pyrrole nitrogens is 1. The van der Waals surface area contributed by atoms with Crippen molar-refractivity contribution in [3.05, 3.63) is 95.6 Å². The van der Waals surface area contributed by atoms with Gasteiger partial charge in [0.2, 0.25) is 0 Å². The quantitative estimate of drug-likeness (QED) is 0.542. The van der Waals surface area contributed by atoms with Crippen molar-refractivity contribution in [3.8, 4) is 0 Å². The topological polar surface area (TPSA) is 74.8 Å². The van der Waals surface area contributed by atoms with Gasteiger partial charge in [-0.3, -0.25) is 9.59 Å². The summed E-state index contributed by atoms with van der Waals surface area (Å²) in [6, 6.07) is 17.1. The van der Waals surface area contributed by atoms with Crippen LogP contribution in [0.3, 0.4) is 0 Å². The molecule has 6 heteroatoms. The summed E-state index contributed by atoms with van der Waals surface area (Å²) in [6.45, 7) is 0. The average molecular weight is 358 g/mol. The van der Waals surface area contributed by atoms with Crippen molar-refractivity contribution < 1.29 is 14.0 Å². The number of benzene rings is 3. The summed E-state index contributed by atoms with van der Waals surface area (Å²) in [5.41, 5.74) is 2.59. The number of aromatic nitrogens is 2. The summed E-state index contributed by atoms with van der Waals surface area (Å²) >= 11 is 0. The van der Waals surface area contributed by atoms with Gasteiger partial charge in [-0.1, -0.05) is 24.3 Å². The predicted molar refractivity (Wildman–Crippen MR) is 99.2 cm³/mol. The highest BCUT2D eigenvalue weighted by atomic mass is 19.1. The maximum Gasteiger partial charge on any atom is 0.256 e. The minimum Gasteiger partial charge on any atom is -0.335 e. The molecule has 0 bridgehead atoms. The summed E-state index contributed by atoms with van der Waals surface area (Å²) in [6.07, 6.45) is 2.62. The van der Waals surface area contributed by atoms with Gasteiger partial charge < -0.3 is 10.3 Å². The first kappa shape index (κ1) is 16.7. The molecule has 1 radical (unpaired) electrons. The molecule has 0 aliphatic heterocycles. The van der Waals surface area contributed by atoms with Crippen LogP contribution in [0.2, 0.25) is 0 Å². The van der Waals surface area contributed by atoms with Gasteiger partial charge in [0, 0.05) is 16.8 Å². The number of ketones is 1. The second-order valence-electron chi connectivity index (χ2n) is 5.92. The first-order chi connectivity index (χ1) is 13.1. The van der Waals surface area contributed by atoms with Crippen molar-refractivity contribution in [2.24, 2.45) is 0 Å². The molecule has 4 rings (SSSR count). The standard InChI is InChI=1S/C21H13FN3O2/c22-14-4-3-5-15(11-14)25-21(27)17-7-2-1-6-16(17)20(26)13-8-9-18-19(10-13)24-12-23-18/h1-11H,(H,23,24)(H,25,27). The normalized spacial score (nSPS) is 10.7. The Morgan fingerprint density at radius 3 is 2.59 bits per heavy atom. The number of imidazole rings is 1. The van der Waals surface area contributed by atoms with Crippen LogP contribution in [0.15, 0.2) is 66.7 Å². The van der Waals surface area contributed by atoms with Gasteiger partial charge in [-0.2, -0.15) is 0 Å². The van der Waals surface area contributed by atoms with Crippen LogP contribution in [0.4, 0.5) is 10.1 Å². The van der Waals surface area contributed by atoms with Crippen LogP contribution in [0.25, 0.3) is 11.0 Å². The molecule has 3 aromatic carbocycles. The Labute approximate surface area is 153 Å². The molecule has 1 aromatic heterocycles.